The standard InChI is InChI=1S/C20H20N2O7/c1-27-13-7-11(8-14(10-13)28-2)18(24)22-12-3-4-16(23)15(9-12)20(26)29-17-5-6-21-19(17)25/h3-4,7-10,17,23H,5-6H2,1-2H3,(H,21,25)(H,22,24). The number of aromatic hydroxyl groups is 1. The van der Waals surface area contributed by atoms with Crippen molar-refractivity contribution in [2.24, 2.45) is 0 Å². The molecule has 9 heteroatoms. The van der Waals surface area contributed by atoms with Gasteiger partial charge in [0.15, 0.2) is 6.10 Å². The lowest BCUT2D eigenvalue weighted by Crippen LogP contribution is -2.27. The van der Waals surface area contributed by atoms with Crippen LogP contribution in [0.2, 0.25) is 0 Å². The number of esters is 1. The number of rotatable bonds is 6. The Bertz CT molecular complexity index is 936. The number of ether oxygens (including phenoxy) is 3. The molecule has 29 heavy (non-hydrogen) atoms. The van der Waals surface area contributed by atoms with Gasteiger partial charge in [0.2, 0.25) is 0 Å². The number of anilines is 1. The summed E-state index contributed by atoms with van der Waals surface area (Å²) < 4.78 is 15.4. The molecule has 0 bridgehead atoms. The lowest BCUT2D eigenvalue weighted by atomic mass is 10.1. The van der Waals surface area contributed by atoms with Crippen molar-refractivity contribution in [1.82, 2.24) is 5.32 Å². The zero-order valence-electron chi connectivity index (χ0n) is 15.9. The molecular weight excluding hydrogens is 380 g/mol. The summed E-state index contributed by atoms with van der Waals surface area (Å²) in [5.41, 5.74) is 0.379. The average Bonchev–Trinajstić information content (AvgIpc) is 3.13. The van der Waals surface area contributed by atoms with Crippen LogP contribution in [-0.2, 0) is 9.53 Å². The first kappa shape index (κ1) is 20.0. The Hall–Kier alpha value is -3.75. The third kappa shape index (κ3) is 4.57. The first-order chi connectivity index (χ1) is 13.9. The summed E-state index contributed by atoms with van der Waals surface area (Å²) in [6.07, 6.45) is -0.538. The number of carbonyl (C=O) groups is 3. The summed E-state index contributed by atoms with van der Waals surface area (Å²) in [7, 11) is 2.94. The van der Waals surface area contributed by atoms with Crippen molar-refractivity contribution in [3.8, 4) is 17.2 Å². The van der Waals surface area contributed by atoms with E-state index in [0.29, 0.717) is 24.5 Å². The van der Waals surface area contributed by atoms with E-state index >= 15 is 0 Å². The van der Waals surface area contributed by atoms with E-state index in [-0.39, 0.29) is 28.5 Å². The van der Waals surface area contributed by atoms with Crippen molar-refractivity contribution >= 4 is 23.5 Å². The monoisotopic (exact) mass is 400 g/mol. The number of hydrogen-bond acceptors (Lipinski definition) is 7. The number of methoxy groups -OCH3 is 2. The SMILES string of the molecule is COc1cc(OC)cc(C(=O)Nc2ccc(O)c(C(=O)OC3CCNC3=O)c2)c1. The number of carbonyl (C=O) groups excluding carboxylic acids is 3. The number of benzene rings is 2. The second-order valence-corrected chi connectivity index (χ2v) is 6.26. The molecule has 0 aliphatic carbocycles. The maximum Gasteiger partial charge on any atom is 0.342 e. The third-order valence-corrected chi connectivity index (χ3v) is 4.34. The molecule has 0 spiro atoms. The van der Waals surface area contributed by atoms with Gasteiger partial charge < -0.3 is 30.0 Å². The van der Waals surface area contributed by atoms with Crippen molar-refractivity contribution in [2.45, 2.75) is 12.5 Å². The second kappa shape index (κ2) is 8.51. The number of phenols is 1. The highest BCUT2D eigenvalue weighted by Gasteiger charge is 2.29. The molecule has 1 aliphatic rings. The molecule has 0 saturated carbocycles. The minimum atomic E-state index is -0.899. The van der Waals surface area contributed by atoms with Crippen LogP contribution in [0.5, 0.6) is 17.2 Å². The molecule has 0 radical (unpaired) electrons. The summed E-state index contributed by atoms with van der Waals surface area (Å²) in [6.45, 7) is 0.420. The fourth-order valence-electron chi connectivity index (χ4n) is 2.80. The minimum Gasteiger partial charge on any atom is -0.507 e. The van der Waals surface area contributed by atoms with E-state index < -0.39 is 18.0 Å². The molecule has 1 unspecified atom stereocenters. The van der Waals surface area contributed by atoms with Crippen molar-refractivity contribution in [2.75, 3.05) is 26.1 Å². The summed E-state index contributed by atoms with van der Waals surface area (Å²) in [5, 5.41) is 15.2. The van der Waals surface area contributed by atoms with Crippen LogP contribution in [-0.4, -0.2) is 49.8 Å². The molecule has 1 heterocycles. The van der Waals surface area contributed by atoms with Gasteiger partial charge in [-0.15, -0.1) is 0 Å². The van der Waals surface area contributed by atoms with E-state index in [9.17, 15) is 19.5 Å². The number of amides is 2. The predicted octanol–water partition coefficient (Wildman–Crippen LogP) is 1.71. The molecule has 1 saturated heterocycles. The number of phenolic OH excluding ortho intramolecular Hbond substituents is 1. The van der Waals surface area contributed by atoms with E-state index in [1.165, 1.54) is 44.6 Å². The second-order valence-electron chi connectivity index (χ2n) is 6.26. The number of nitrogens with one attached hydrogen (secondary N) is 2. The van der Waals surface area contributed by atoms with Crippen LogP contribution in [0.4, 0.5) is 5.69 Å². The van der Waals surface area contributed by atoms with Gasteiger partial charge in [0.05, 0.1) is 14.2 Å². The first-order valence-corrected chi connectivity index (χ1v) is 8.77. The van der Waals surface area contributed by atoms with Crippen LogP contribution in [0, 0.1) is 0 Å². The van der Waals surface area contributed by atoms with Crippen LogP contribution in [0.3, 0.4) is 0 Å². The summed E-state index contributed by atoms with van der Waals surface area (Å²) >= 11 is 0. The van der Waals surface area contributed by atoms with Gasteiger partial charge in [-0.1, -0.05) is 0 Å². The zero-order chi connectivity index (χ0) is 21.0. The molecule has 1 atom stereocenters. The molecular formula is C20H20N2O7. The lowest BCUT2D eigenvalue weighted by Gasteiger charge is -2.12. The van der Waals surface area contributed by atoms with Crippen LogP contribution in [0.1, 0.15) is 27.1 Å². The predicted molar refractivity (Wildman–Crippen MR) is 102 cm³/mol. The largest absolute Gasteiger partial charge is 0.507 e. The van der Waals surface area contributed by atoms with Crippen molar-refractivity contribution in [1.29, 1.82) is 0 Å². The van der Waals surface area contributed by atoms with E-state index in [2.05, 4.69) is 10.6 Å². The fraction of sp³-hybridized carbons (Fsp3) is 0.250. The van der Waals surface area contributed by atoms with Gasteiger partial charge in [-0.2, -0.15) is 0 Å². The molecule has 0 aromatic heterocycles. The zero-order valence-corrected chi connectivity index (χ0v) is 15.9. The van der Waals surface area contributed by atoms with E-state index in [1.807, 2.05) is 0 Å². The molecule has 9 nitrogen and oxygen atoms in total. The Morgan fingerprint density at radius 1 is 1.10 bits per heavy atom. The van der Waals surface area contributed by atoms with Crippen molar-refractivity contribution in [3.05, 3.63) is 47.5 Å². The maximum atomic E-state index is 12.6. The minimum absolute atomic E-state index is 0.161. The lowest BCUT2D eigenvalue weighted by molar-refractivity contribution is -0.126. The summed E-state index contributed by atoms with van der Waals surface area (Å²) in [6, 6.07) is 8.67. The van der Waals surface area contributed by atoms with Crippen molar-refractivity contribution in [3.63, 3.8) is 0 Å². The van der Waals surface area contributed by atoms with Gasteiger partial charge in [0.1, 0.15) is 22.8 Å². The molecule has 1 aliphatic heterocycles. The average molecular weight is 400 g/mol. The first-order valence-electron chi connectivity index (χ1n) is 8.77. The third-order valence-electron chi connectivity index (χ3n) is 4.34. The molecule has 3 N–H and O–H groups in total. The van der Waals surface area contributed by atoms with Gasteiger partial charge in [-0.25, -0.2) is 4.79 Å². The van der Waals surface area contributed by atoms with Crippen LogP contribution < -0.4 is 20.1 Å². The summed E-state index contributed by atoms with van der Waals surface area (Å²) in [5.74, 6) is -1.14. The van der Waals surface area contributed by atoms with Gasteiger partial charge in [-0.3, -0.25) is 9.59 Å². The van der Waals surface area contributed by atoms with Gasteiger partial charge in [0, 0.05) is 30.3 Å². The molecule has 3 rings (SSSR count). The van der Waals surface area contributed by atoms with Crippen LogP contribution >= 0.6 is 0 Å². The molecule has 2 aromatic carbocycles. The Balaban J connectivity index is 1.78. The Morgan fingerprint density at radius 3 is 2.38 bits per heavy atom. The molecule has 152 valence electrons. The molecule has 1 fully saturated rings. The maximum absolute atomic E-state index is 12.6. The normalized spacial score (nSPS) is 15.4. The topological polar surface area (TPSA) is 123 Å². The highest BCUT2D eigenvalue weighted by Crippen LogP contribution is 2.26. The molecule has 2 aromatic rings. The smallest absolute Gasteiger partial charge is 0.342 e. The highest BCUT2D eigenvalue weighted by molar-refractivity contribution is 6.05. The van der Waals surface area contributed by atoms with E-state index in [1.54, 1.807) is 6.07 Å². The fourth-order valence-corrected chi connectivity index (χ4v) is 2.80. The quantitative estimate of drug-likeness (QED) is 0.498. The van der Waals surface area contributed by atoms with Gasteiger partial charge in [0.25, 0.3) is 11.8 Å². The Labute approximate surface area is 166 Å². The van der Waals surface area contributed by atoms with Crippen LogP contribution in [0.15, 0.2) is 36.4 Å². The van der Waals surface area contributed by atoms with Crippen molar-refractivity contribution < 1.29 is 33.7 Å². The Kier molecular flexibility index (Phi) is 5.87. The highest BCUT2D eigenvalue weighted by atomic mass is 16.5. The van der Waals surface area contributed by atoms with E-state index in [4.69, 9.17) is 14.2 Å². The Morgan fingerprint density at radius 2 is 1.79 bits per heavy atom. The molecule has 2 amide bonds. The summed E-state index contributed by atoms with van der Waals surface area (Å²) in [4.78, 5) is 36.5. The number of hydrogen-bond donors (Lipinski definition) is 3. The van der Waals surface area contributed by atoms with Gasteiger partial charge >= 0.3 is 5.97 Å². The van der Waals surface area contributed by atoms with Crippen LogP contribution in [0.25, 0.3) is 0 Å². The van der Waals surface area contributed by atoms with Gasteiger partial charge in [-0.05, 0) is 30.3 Å². The van der Waals surface area contributed by atoms with E-state index in [0.717, 1.165) is 0 Å².